The summed E-state index contributed by atoms with van der Waals surface area (Å²) in [5, 5.41) is 0. The molecule has 0 bridgehead atoms. The second kappa shape index (κ2) is 7.86. The number of cyclic esters (lactones) is 1. The first-order chi connectivity index (χ1) is 12.5. The highest BCUT2D eigenvalue weighted by molar-refractivity contribution is 6.02. The van der Waals surface area contributed by atoms with E-state index in [1.165, 1.54) is 0 Å². The van der Waals surface area contributed by atoms with Crippen molar-refractivity contribution in [3.8, 4) is 0 Å². The van der Waals surface area contributed by atoms with Crippen LogP contribution in [0.5, 0.6) is 0 Å². The third-order valence-corrected chi connectivity index (χ3v) is 5.14. The maximum Gasteiger partial charge on any atom is 0.317 e. The van der Waals surface area contributed by atoms with E-state index in [0.29, 0.717) is 18.8 Å². The van der Waals surface area contributed by atoms with Crippen LogP contribution >= 0.6 is 0 Å². The van der Waals surface area contributed by atoms with Gasteiger partial charge in [0.2, 0.25) is 0 Å². The Kier molecular flexibility index (Phi) is 5.55. The summed E-state index contributed by atoms with van der Waals surface area (Å²) in [7, 11) is 0. The molecule has 1 fully saturated rings. The number of benzene rings is 2. The molecule has 1 aliphatic heterocycles. The maximum atomic E-state index is 12.9. The number of ketones is 1. The van der Waals surface area contributed by atoms with Crippen molar-refractivity contribution in [1.29, 1.82) is 0 Å². The molecule has 2 aromatic carbocycles. The molecule has 3 rings (SSSR count). The highest BCUT2D eigenvalue weighted by Gasteiger charge is 2.47. The molecule has 1 aliphatic rings. The third-order valence-electron chi connectivity index (χ3n) is 5.14. The van der Waals surface area contributed by atoms with Crippen molar-refractivity contribution in [3.05, 3.63) is 71.8 Å². The van der Waals surface area contributed by atoms with Gasteiger partial charge in [0.25, 0.3) is 0 Å². The van der Waals surface area contributed by atoms with Crippen LogP contribution in [0.1, 0.15) is 44.2 Å². The monoisotopic (exact) mass is 350 g/mol. The molecular formula is C23H26O3. The number of hydrogen-bond donors (Lipinski definition) is 0. The first kappa shape index (κ1) is 18.4. The lowest BCUT2D eigenvalue weighted by Crippen LogP contribution is -2.46. The van der Waals surface area contributed by atoms with Crippen molar-refractivity contribution >= 4 is 11.8 Å². The van der Waals surface area contributed by atoms with Crippen LogP contribution in [0, 0.1) is 11.8 Å². The molecule has 136 valence electrons. The number of ether oxygens (including phenoxy) is 1. The molecule has 3 heteroatoms. The van der Waals surface area contributed by atoms with Gasteiger partial charge in [-0.3, -0.25) is 9.59 Å². The minimum atomic E-state index is -0.827. The van der Waals surface area contributed by atoms with Crippen LogP contribution in [0.15, 0.2) is 60.7 Å². The molecule has 2 atom stereocenters. The molecule has 3 nitrogen and oxygen atoms in total. The molecule has 26 heavy (non-hydrogen) atoms. The Hall–Kier alpha value is -2.42. The van der Waals surface area contributed by atoms with Gasteiger partial charge in [0.15, 0.2) is 5.78 Å². The number of esters is 1. The average molecular weight is 350 g/mol. The largest absolute Gasteiger partial charge is 0.453 e. The van der Waals surface area contributed by atoms with Crippen LogP contribution in [0.25, 0.3) is 0 Å². The second-order valence-corrected chi connectivity index (χ2v) is 7.60. The summed E-state index contributed by atoms with van der Waals surface area (Å²) in [4.78, 5) is 25.7. The van der Waals surface area contributed by atoms with E-state index in [4.69, 9.17) is 4.74 Å². The maximum absolute atomic E-state index is 12.9. The average Bonchev–Trinajstić information content (AvgIpc) is 2.65. The van der Waals surface area contributed by atoms with Gasteiger partial charge in [0, 0.05) is 0 Å². The zero-order chi connectivity index (χ0) is 18.6. The van der Waals surface area contributed by atoms with Crippen LogP contribution in [0.4, 0.5) is 0 Å². The minimum Gasteiger partial charge on any atom is -0.453 e. The second-order valence-electron chi connectivity index (χ2n) is 7.60. The first-order valence-corrected chi connectivity index (χ1v) is 9.35. The number of hydrogen-bond acceptors (Lipinski definition) is 3. The highest BCUT2D eigenvalue weighted by Crippen LogP contribution is 2.41. The van der Waals surface area contributed by atoms with Crippen molar-refractivity contribution in [1.82, 2.24) is 0 Å². The van der Waals surface area contributed by atoms with E-state index in [-0.39, 0.29) is 12.2 Å². The lowest BCUT2D eigenvalue weighted by molar-refractivity contribution is -0.180. The third kappa shape index (κ3) is 4.04. The van der Waals surface area contributed by atoms with Crippen LogP contribution in [0.3, 0.4) is 0 Å². The zero-order valence-electron chi connectivity index (χ0n) is 15.5. The van der Waals surface area contributed by atoms with Gasteiger partial charge in [-0.05, 0) is 36.3 Å². The molecule has 2 aromatic rings. The number of rotatable bonds is 6. The molecule has 0 aliphatic carbocycles. The summed E-state index contributed by atoms with van der Waals surface area (Å²) in [6.45, 7) is 4.28. The van der Waals surface area contributed by atoms with E-state index in [1.807, 2.05) is 60.7 Å². The number of Topliss-reactive ketones (excluding diaryl/α,β-unsaturated/α-hetero) is 1. The lowest BCUT2D eigenvalue weighted by Gasteiger charge is -2.39. The van der Waals surface area contributed by atoms with Crippen molar-refractivity contribution < 1.29 is 14.3 Å². The summed E-state index contributed by atoms with van der Waals surface area (Å²) in [5.41, 5.74) is 1.07. The molecule has 0 aromatic heterocycles. The topological polar surface area (TPSA) is 43.4 Å². The Morgan fingerprint density at radius 2 is 1.62 bits per heavy atom. The molecule has 0 saturated carbocycles. The molecule has 0 radical (unpaired) electrons. The minimum absolute atomic E-state index is 0.0160. The predicted molar refractivity (Wildman–Crippen MR) is 102 cm³/mol. The van der Waals surface area contributed by atoms with Crippen molar-refractivity contribution in [3.63, 3.8) is 0 Å². The van der Waals surface area contributed by atoms with Gasteiger partial charge in [0.1, 0.15) is 11.5 Å². The summed E-state index contributed by atoms with van der Waals surface area (Å²) in [6, 6.07) is 19.4. The van der Waals surface area contributed by atoms with Gasteiger partial charge in [0.05, 0.1) is 6.42 Å². The fourth-order valence-electron chi connectivity index (χ4n) is 3.59. The zero-order valence-corrected chi connectivity index (χ0v) is 15.5. The summed E-state index contributed by atoms with van der Waals surface area (Å²) in [5.74, 6) is -0.629. The molecule has 0 N–H and O–H groups in total. The Morgan fingerprint density at radius 1 is 1.00 bits per heavy atom. The highest BCUT2D eigenvalue weighted by atomic mass is 16.6. The number of carbonyl (C=O) groups excluding carboxylic acids is 2. The molecule has 2 unspecified atom stereocenters. The van der Waals surface area contributed by atoms with Crippen molar-refractivity contribution in [2.45, 2.75) is 45.1 Å². The quantitative estimate of drug-likeness (QED) is 0.560. The van der Waals surface area contributed by atoms with Crippen LogP contribution in [0.2, 0.25) is 0 Å². The molecular weight excluding hydrogens is 324 g/mol. The van der Waals surface area contributed by atoms with E-state index in [2.05, 4.69) is 13.8 Å². The molecule has 1 saturated heterocycles. The number of carbonyl (C=O) groups is 2. The van der Waals surface area contributed by atoms with Gasteiger partial charge in [-0.25, -0.2) is 0 Å². The summed E-state index contributed by atoms with van der Waals surface area (Å²) >= 11 is 0. The Balaban J connectivity index is 1.85. The Bertz CT molecular complexity index is 732. The Labute approximate surface area is 155 Å². The van der Waals surface area contributed by atoms with Gasteiger partial charge in [-0.1, -0.05) is 74.5 Å². The molecule has 0 amide bonds. The van der Waals surface area contributed by atoms with Gasteiger partial charge >= 0.3 is 5.97 Å². The van der Waals surface area contributed by atoms with Crippen LogP contribution in [-0.2, 0) is 26.3 Å². The van der Waals surface area contributed by atoms with E-state index >= 15 is 0 Å². The van der Waals surface area contributed by atoms with E-state index in [0.717, 1.165) is 17.5 Å². The standard InChI is InChI=1S/C23H26O3/c1-17(2)13-14-23(19-11-7-4-8-12-19)16-21(24)20(22(25)26-23)15-18-9-5-3-6-10-18/h3-12,17,20H,13-16H2,1-2H3. The van der Waals surface area contributed by atoms with Crippen molar-refractivity contribution in [2.75, 3.05) is 0 Å². The van der Waals surface area contributed by atoms with Gasteiger partial charge in [-0.2, -0.15) is 0 Å². The van der Waals surface area contributed by atoms with Gasteiger partial charge in [-0.15, -0.1) is 0 Å². The lowest BCUT2D eigenvalue weighted by atomic mass is 9.77. The first-order valence-electron chi connectivity index (χ1n) is 9.35. The smallest absolute Gasteiger partial charge is 0.317 e. The van der Waals surface area contributed by atoms with Crippen molar-refractivity contribution in [2.24, 2.45) is 11.8 Å². The van der Waals surface area contributed by atoms with Gasteiger partial charge < -0.3 is 4.74 Å². The molecule has 1 heterocycles. The van der Waals surface area contributed by atoms with Crippen LogP contribution in [-0.4, -0.2) is 11.8 Å². The van der Waals surface area contributed by atoms with Crippen LogP contribution < -0.4 is 0 Å². The predicted octanol–water partition coefficient (Wildman–Crippen LogP) is 4.69. The summed E-state index contributed by atoms with van der Waals surface area (Å²) in [6.07, 6.45) is 2.24. The van der Waals surface area contributed by atoms with E-state index < -0.39 is 17.5 Å². The fraction of sp³-hybridized carbons (Fsp3) is 0.391. The molecule has 0 spiro atoms. The normalized spacial score (nSPS) is 23.1. The summed E-state index contributed by atoms with van der Waals surface area (Å²) < 4.78 is 6.01. The van der Waals surface area contributed by atoms with E-state index in [9.17, 15) is 9.59 Å². The SMILES string of the molecule is CC(C)CCC1(c2ccccc2)CC(=O)C(Cc2ccccc2)C(=O)O1. The fourth-order valence-corrected chi connectivity index (χ4v) is 3.59. The Morgan fingerprint density at radius 3 is 2.19 bits per heavy atom. The van der Waals surface area contributed by atoms with E-state index in [1.54, 1.807) is 0 Å².